The lowest BCUT2D eigenvalue weighted by molar-refractivity contribution is -0.117. The van der Waals surface area contributed by atoms with Crippen LogP contribution >= 0.6 is 0 Å². The summed E-state index contributed by atoms with van der Waals surface area (Å²) in [7, 11) is 0. The Labute approximate surface area is 82.7 Å². The zero-order valence-electron chi connectivity index (χ0n) is 8.10. The molecule has 14 heavy (non-hydrogen) atoms. The third-order valence-corrected chi connectivity index (χ3v) is 2.40. The van der Waals surface area contributed by atoms with Gasteiger partial charge in [-0.1, -0.05) is 6.92 Å². The van der Waals surface area contributed by atoms with Gasteiger partial charge in [0.05, 0.1) is 11.9 Å². The van der Waals surface area contributed by atoms with Crippen molar-refractivity contribution in [1.29, 1.82) is 0 Å². The first-order valence-corrected chi connectivity index (χ1v) is 4.68. The summed E-state index contributed by atoms with van der Waals surface area (Å²) in [5, 5.41) is 0. The Morgan fingerprint density at radius 1 is 1.57 bits per heavy atom. The predicted octanol–water partition coefficient (Wildman–Crippen LogP) is 1.04. The Morgan fingerprint density at radius 3 is 2.86 bits per heavy atom. The van der Waals surface area contributed by atoms with Gasteiger partial charge in [0.2, 0.25) is 5.91 Å². The number of hydrogen-bond donors (Lipinski definition) is 1. The molecule has 1 saturated heterocycles. The highest BCUT2D eigenvalue weighted by Gasteiger charge is 2.27. The first-order chi connectivity index (χ1) is 6.66. The van der Waals surface area contributed by atoms with Crippen LogP contribution in [-0.2, 0) is 4.79 Å². The molecule has 1 aromatic rings. The fourth-order valence-electron chi connectivity index (χ4n) is 1.69. The number of nitrogens with two attached hydrogens (primary N) is 1. The first kappa shape index (κ1) is 8.99. The zero-order valence-corrected chi connectivity index (χ0v) is 8.10. The van der Waals surface area contributed by atoms with E-state index in [0.717, 1.165) is 12.2 Å². The number of rotatable bonds is 1. The third kappa shape index (κ3) is 1.55. The number of amides is 1. The van der Waals surface area contributed by atoms with Gasteiger partial charge in [0.1, 0.15) is 5.82 Å². The lowest BCUT2D eigenvalue weighted by atomic mass is 10.2. The molecule has 4 heteroatoms. The van der Waals surface area contributed by atoms with Crippen LogP contribution in [0.3, 0.4) is 0 Å². The van der Waals surface area contributed by atoms with E-state index < -0.39 is 0 Å². The first-order valence-electron chi connectivity index (χ1n) is 4.68. The minimum atomic E-state index is 0.170. The number of carbonyl (C=O) groups is 1. The highest BCUT2D eigenvalue weighted by molar-refractivity contribution is 5.95. The fourth-order valence-corrected chi connectivity index (χ4v) is 1.69. The van der Waals surface area contributed by atoms with Crippen LogP contribution in [0.2, 0.25) is 0 Å². The molecule has 1 aliphatic rings. The highest BCUT2D eigenvalue weighted by Crippen LogP contribution is 2.24. The molecule has 0 aromatic carbocycles. The number of pyridine rings is 1. The number of carbonyl (C=O) groups excluding carboxylic acids is 1. The van der Waals surface area contributed by atoms with Crippen LogP contribution in [0.25, 0.3) is 0 Å². The molecule has 1 aliphatic heterocycles. The minimum absolute atomic E-state index is 0.170. The van der Waals surface area contributed by atoms with Gasteiger partial charge in [-0.3, -0.25) is 4.79 Å². The predicted molar refractivity (Wildman–Crippen MR) is 54.8 cm³/mol. The molecule has 2 N–H and O–H groups in total. The largest absolute Gasteiger partial charge is 0.384 e. The molecule has 0 unspecified atom stereocenters. The number of aromatic nitrogens is 1. The van der Waals surface area contributed by atoms with Crippen LogP contribution in [0.15, 0.2) is 18.3 Å². The van der Waals surface area contributed by atoms with E-state index in [2.05, 4.69) is 11.9 Å². The Bertz CT molecular complexity index is 347. The maximum absolute atomic E-state index is 11.5. The molecular formula is C10H13N3O. The summed E-state index contributed by atoms with van der Waals surface area (Å²) in [5.74, 6) is 1.08. The summed E-state index contributed by atoms with van der Waals surface area (Å²) < 4.78 is 0. The van der Waals surface area contributed by atoms with Crippen LogP contribution in [0.4, 0.5) is 11.5 Å². The van der Waals surface area contributed by atoms with Crippen LogP contribution in [0.5, 0.6) is 0 Å². The Morgan fingerprint density at radius 2 is 2.36 bits per heavy atom. The fraction of sp³-hybridized carbons (Fsp3) is 0.400. The molecule has 0 radical (unpaired) electrons. The van der Waals surface area contributed by atoms with E-state index in [1.807, 2.05) is 6.07 Å². The van der Waals surface area contributed by atoms with Crippen LogP contribution in [-0.4, -0.2) is 17.4 Å². The van der Waals surface area contributed by atoms with E-state index >= 15 is 0 Å². The van der Waals surface area contributed by atoms with Crippen molar-refractivity contribution in [2.75, 3.05) is 17.2 Å². The lowest BCUT2D eigenvalue weighted by Gasteiger charge is -2.15. The van der Waals surface area contributed by atoms with Gasteiger partial charge < -0.3 is 10.6 Å². The minimum Gasteiger partial charge on any atom is -0.384 e. The SMILES string of the molecule is C[C@@H]1CC(=O)N(c2ccc(N)nc2)C1. The molecule has 1 amide bonds. The zero-order chi connectivity index (χ0) is 10.1. The van der Waals surface area contributed by atoms with Crippen molar-refractivity contribution in [2.45, 2.75) is 13.3 Å². The summed E-state index contributed by atoms with van der Waals surface area (Å²) >= 11 is 0. The maximum Gasteiger partial charge on any atom is 0.227 e. The normalized spacial score (nSPS) is 21.6. The van der Waals surface area contributed by atoms with Gasteiger partial charge in [0, 0.05) is 13.0 Å². The van der Waals surface area contributed by atoms with Gasteiger partial charge in [-0.05, 0) is 18.1 Å². The third-order valence-electron chi connectivity index (χ3n) is 2.40. The average molecular weight is 191 g/mol. The Hall–Kier alpha value is -1.58. The van der Waals surface area contributed by atoms with Crippen LogP contribution < -0.4 is 10.6 Å². The van der Waals surface area contributed by atoms with Crippen LogP contribution in [0, 0.1) is 5.92 Å². The second-order valence-electron chi connectivity index (χ2n) is 3.75. The van der Waals surface area contributed by atoms with E-state index in [0.29, 0.717) is 18.2 Å². The molecule has 2 rings (SSSR count). The topological polar surface area (TPSA) is 59.2 Å². The van der Waals surface area contributed by atoms with Gasteiger partial charge in [0.15, 0.2) is 0 Å². The second-order valence-corrected chi connectivity index (χ2v) is 3.75. The summed E-state index contributed by atoms with van der Waals surface area (Å²) in [5.41, 5.74) is 6.31. The van der Waals surface area contributed by atoms with Gasteiger partial charge in [-0.2, -0.15) is 0 Å². The van der Waals surface area contributed by atoms with Crippen molar-refractivity contribution in [1.82, 2.24) is 4.98 Å². The Balaban J connectivity index is 2.23. The monoisotopic (exact) mass is 191 g/mol. The van der Waals surface area contributed by atoms with Crippen molar-refractivity contribution in [3.05, 3.63) is 18.3 Å². The lowest BCUT2D eigenvalue weighted by Crippen LogP contribution is -2.24. The van der Waals surface area contributed by atoms with Gasteiger partial charge >= 0.3 is 0 Å². The van der Waals surface area contributed by atoms with Gasteiger partial charge in [-0.25, -0.2) is 4.98 Å². The number of nitrogens with zero attached hydrogens (tertiary/aromatic N) is 2. The molecule has 74 valence electrons. The average Bonchev–Trinajstić information content (AvgIpc) is 2.47. The molecule has 2 heterocycles. The van der Waals surface area contributed by atoms with Crippen LogP contribution in [0.1, 0.15) is 13.3 Å². The van der Waals surface area contributed by atoms with Gasteiger partial charge in [-0.15, -0.1) is 0 Å². The van der Waals surface area contributed by atoms with Crippen molar-refractivity contribution in [2.24, 2.45) is 5.92 Å². The maximum atomic E-state index is 11.5. The van der Waals surface area contributed by atoms with E-state index in [1.54, 1.807) is 17.2 Å². The van der Waals surface area contributed by atoms with Crippen molar-refractivity contribution in [3.8, 4) is 0 Å². The van der Waals surface area contributed by atoms with E-state index in [9.17, 15) is 4.79 Å². The van der Waals surface area contributed by atoms with E-state index in [1.165, 1.54) is 0 Å². The summed E-state index contributed by atoms with van der Waals surface area (Å²) in [6.45, 7) is 2.85. The quantitative estimate of drug-likeness (QED) is 0.721. The molecule has 0 saturated carbocycles. The molecular weight excluding hydrogens is 178 g/mol. The van der Waals surface area contributed by atoms with E-state index in [4.69, 9.17) is 5.73 Å². The summed E-state index contributed by atoms with van der Waals surface area (Å²) in [4.78, 5) is 17.3. The number of anilines is 2. The van der Waals surface area contributed by atoms with Crippen molar-refractivity contribution in [3.63, 3.8) is 0 Å². The smallest absolute Gasteiger partial charge is 0.227 e. The van der Waals surface area contributed by atoms with Crippen molar-refractivity contribution < 1.29 is 4.79 Å². The highest BCUT2D eigenvalue weighted by atomic mass is 16.2. The molecule has 1 atom stereocenters. The Kier molecular flexibility index (Phi) is 2.11. The molecule has 1 fully saturated rings. The standard InChI is InChI=1S/C10H13N3O/c1-7-4-10(14)13(6-7)8-2-3-9(11)12-5-8/h2-3,5,7H,4,6H2,1H3,(H2,11,12)/t7-/m1/s1. The molecule has 1 aromatic heterocycles. The summed E-state index contributed by atoms with van der Waals surface area (Å²) in [6.07, 6.45) is 2.27. The summed E-state index contributed by atoms with van der Waals surface area (Å²) in [6, 6.07) is 3.55. The molecule has 0 bridgehead atoms. The molecule has 0 spiro atoms. The second kappa shape index (κ2) is 3.29. The van der Waals surface area contributed by atoms with Crippen molar-refractivity contribution >= 4 is 17.4 Å². The van der Waals surface area contributed by atoms with E-state index in [-0.39, 0.29) is 5.91 Å². The molecule has 4 nitrogen and oxygen atoms in total. The van der Waals surface area contributed by atoms with Gasteiger partial charge in [0.25, 0.3) is 0 Å². The molecule has 0 aliphatic carbocycles. The number of nitrogen functional groups attached to an aromatic ring is 1. The number of hydrogen-bond acceptors (Lipinski definition) is 3.